The second-order valence-corrected chi connectivity index (χ2v) is 4.58. The molecule has 1 N–H and O–H groups in total. The van der Waals surface area contributed by atoms with Gasteiger partial charge in [0.05, 0.1) is 12.8 Å². The maximum Gasteiger partial charge on any atom is 0.236 e. The fourth-order valence-electron chi connectivity index (χ4n) is 2.13. The molecule has 0 atom stereocenters. The quantitative estimate of drug-likeness (QED) is 0.793. The molecule has 0 aliphatic rings. The van der Waals surface area contributed by atoms with E-state index in [2.05, 4.69) is 15.3 Å². The maximum atomic E-state index is 5.36. The highest BCUT2D eigenvalue weighted by Crippen LogP contribution is 2.26. The first-order valence-electron chi connectivity index (χ1n) is 6.40. The molecule has 0 amide bonds. The number of fused-ring (bicyclic) bond motifs is 1. The van der Waals surface area contributed by atoms with Crippen molar-refractivity contribution in [1.82, 2.24) is 14.4 Å². The average molecular weight is 268 g/mol. The van der Waals surface area contributed by atoms with Gasteiger partial charge in [0, 0.05) is 25.0 Å². The van der Waals surface area contributed by atoms with Gasteiger partial charge in [-0.25, -0.2) is 4.98 Å². The molecule has 0 aliphatic heterocycles. The molecule has 5 nitrogen and oxygen atoms in total. The summed E-state index contributed by atoms with van der Waals surface area (Å²) < 4.78 is 7.26. The summed E-state index contributed by atoms with van der Waals surface area (Å²) in [4.78, 5) is 8.96. The molecule has 2 heterocycles. The van der Waals surface area contributed by atoms with Crippen LogP contribution in [0.3, 0.4) is 0 Å². The zero-order valence-electron chi connectivity index (χ0n) is 11.7. The maximum absolute atomic E-state index is 5.36. The number of imidazole rings is 1. The topological polar surface area (TPSA) is 51.5 Å². The minimum atomic E-state index is 0.673. The first-order chi connectivity index (χ1) is 9.71. The van der Waals surface area contributed by atoms with Crippen LogP contribution in [0.15, 0.2) is 36.7 Å². The van der Waals surface area contributed by atoms with Gasteiger partial charge < -0.3 is 10.1 Å². The minimum absolute atomic E-state index is 0.673. The zero-order valence-corrected chi connectivity index (χ0v) is 11.7. The van der Waals surface area contributed by atoms with E-state index in [1.165, 1.54) is 0 Å². The Bertz CT molecular complexity index is 764. The van der Waals surface area contributed by atoms with Crippen molar-refractivity contribution in [2.45, 2.75) is 6.92 Å². The second kappa shape index (κ2) is 4.85. The van der Waals surface area contributed by atoms with Crippen LogP contribution in [0, 0.1) is 6.92 Å². The Kier molecular flexibility index (Phi) is 3.02. The highest BCUT2D eigenvalue weighted by atomic mass is 16.5. The lowest BCUT2D eigenvalue weighted by atomic mass is 10.1. The van der Waals surface area contributed by atoms with Crippen molar-refractivity contribution >= 4 is 11.6 Å². The monoisotopic (exact) mass is 268 g/mol. The van der Waals surface area contributed by atoms with E-state index in [0.29, 0.717) is 5.78 Å². The molecular formula is C15H16N4O. The Hall–Kier alpha value is -2.56. The van der Waals surface area contributed by atoms with Crippen LogP contribution >= 0.6 is 0 Å². The first kappa shape index (κ1) is 12.5. The predicted molar refractivity (Wildman–Crippen MR) is 79.3 cm³/mol. The summed E-state index contributed by atoms with van der Waals surface area (Å²) in [5.41, 5.74) is 3.00. The van der Waals surface area contributed by atoms with Crippen molar-refractivity contribution in [2.24, 2.45) is 0 Å². The Morgan fingerprint density at radius 3 is 2.80 bits per heavy atom. The third-order valence-electron chi connectivity index (χ3n) is 3.29. The fourth-order valence-corrected chi connectivity index (χ4v) is 2.13. The number of aromatic nitrogens is 3. The highest BCUT2D eigenvalue weighted by Gasteiger charge is 2.08. The van der Waals surface area contributed by atoms with Crippen LogP contribution in [-0.2, 0) is 0 Å². The number of ether oxygens (including phenoxy) is 1. The Morgan fingerprint density at radius 1 is 1.20 bits per heavy atom. The Balaban J connectivity index is 2.09. The van der Waals surface area contributed by atoms with E-state index in [1.54, 1.807) is 7.11 Å². The number of nitrogens with zero attached hydrogens (tertiary/aromatic N) is 3. The largest absolute Gasteiger partial charge is 0.496 e. The van der Waals surface area contributed by atoms with Crippen molar-refractivity contribution < 1.29 is 4.74 Å². The van der Waals surface area contributed by atoms with Gasteiger partial charge >= 0.3 is 0 Å². The number of hydrogen-bond acceptors (Lipinski definition) is 4. The van der Waals surface area contributed by atoms with E-state index in [9.17, 15) is 0 Å². The molecule has 3 aromatic rings. The second-order valence-electron chi connectivity index (χ2n) is 4.58. The lowest BCUT2D eigenvalue weighted by molar-refractivity contribution is 0.412. The Morgan fingerprint density at radius 2 is 2.05 bits per heavy atom. The fraction of sp³-hybridized carbons (Fsp3) is 0.200. The molecule has 2 aromatic heterocycles. The van der Waals surface area contributed by atoms with E-state index in [-0.39, 0.29) is 0 Å². The number of benzene rings is 1. The standard InChI is InChI=1S/C15H16N4O/c1-10-4-5-11(8-13(10)20-3)12-9-19-7-6-14(16-2)18-15(19)17-12/h4-9H,1-3H3,(H,16,17,18). The molecule has 20 heavy (non-hydrogen) atoms. The van der Waals surface area contributed by atoms with Gasteiger partial charge in [-0.05, 0) is 24.6 Å². The van der Waals surface area contributed by atoms with E-state index in [4.69, 9.17) is 4.74 Å². The van der Waals surface area contributed by atoms with Crippen LogP contribution in [0.4, 0.5) is 5.82 Å². The normalized spacial score (nSPS) is 10.8. The van der Waals surface area contributed by atoms with Crippen molar-refractivity contribution in [3.8, 4) is 17.0 Å². The first-order valence-corrected chi connectivity index (χ1v) is 6.40. The molecule has 102 valence electrons. The van der Waals surface area contributed by atoms with Gasteiger partial charge in [0.25, 0.3) is 0 Å². The molecule has 0 radical (unpaired) electrons. The van der Waals surface area contributed by atoms with E-state index in [0.717, 1.165) is 28.4 Å². The number of rotatable bonds is 3. The lowest BCUT2D eigenvalue weighted by Gasteiger charge is -2.05. The molecule has 0 fully saturated rings. The lowest BCUT2D eigenvalue weighted by Crippen LogP contribution is -1.94. The van der Waals surface area contributed by atoms with Crippen molar-refractivity contribution in [1.29, 1.82) is 0 Å². The van der Waals surface area contributed by atoms with Crippen LogP contribution in [0.2, 0.25) is 0 Å². The predicted octanol–water partition coefficient (Wildman–Crippen LogP) is 2.76. The molecule has 1 aromatic carbocycles. The average Bonchev–Trinajstić information content (AvgIpc) is 2.90. The minimum Gasteiger partial charge on any atom is -0.496 e. The molecule has 0 saturated carbocycles. The van der Waals surface area contributed by atoms with Crippen LogP contribution in [-0.4, -0.2) is 28.5 Å². The summed E-state index contributed by atoms with van der Waals surface area (Å²) in [7, 11) is 3.52. The van der Waals surface area contributed by atoms with Gasteiger partial charge in [-0.15, -0.1) is 0 Å². The summed E-state index contributed by atoms with van der Waals surface area (Å²) in [5.74, 6) is 2.34. The van der Waals surface area contributed by atoms with Gasteiger partial charge in [-0.1, -0.05) is 12.1 Å². The molecule has 0 spiro atoms. The molecule has 3 rings (SSSR count). The van der Waals surface area contributed by atoms with Crippen molar-refractivity contribution in [3.63, 3.8) is 0 Å². The third-order valence-corrected chi connectivity index (χ3v) is 3.29. The number of methoxy groups -OCH3 is 1. The van der Waals surface area contributed by atoms with Gasteiger partial charge in [-0.2, -0.15) is 4.98 Å². The van der Waals surface area contributed by atoms with Gasteiger partial charge in [-0.3, -0.25) is 4.40 Å². The Labute approximate surface area is 117 Å². The summed E-state index contributed by atoms with van der Waals surface area (Å²) >= 11 is 0. The SMILES string of the molecule is CNc1ccn2cc(-c3ccc(C)c(OC)c3)nc2n1. The molecular weight excluding hydrogens is 252 g/mol. The van der Waals surface area contributed by atoms with Gasteiger partial charge in [0.1, 0.15) is 11.6 Å². The summed E-state index contributed by atoms with van der Waals surface area (Å²) in [6.45, 7) is 2.02. The molecule has 0 bridgehead atoms. The van der Waals surface area contributed by atoms with Crippen LogP contribution < -0.4 is 10.1 Å². The molecule has 0 aliphatic carbocycles. The smallest absolute Gasteiger partial charge is 0.236 e. The van der Waals surface area contributed by atoms with Crippen molar-refractivity contribution in [3.05, 3.63) is 42.2 Å². The van der Waals surface area contributed by atoms with E-state index >= 15 is 0 Å². The van der Waals surface area contributed by atoms with Crippen LogP contribution in [0.5, 0.6) is 5.75 Å². The molecule has 0 saturated heterocycles. The highest BCUT2D eigenvalue weighted by molar-refractivity contribution is 5.64. The number of hydrogen-bond donors (Lipinski definition) is 1. The van der Waals surface area contributed by atoms with E-state index < -0.39 is 0 Å². The molecule has 0 unspecified atom stereocenters. The van der Waals surface area contributed by atoms with Crippen molar-refractivity contribution in [2.75, 3.05) is 19.5 Å². The third kappa shape index (κ3) is 2.07. The number of anilines is 1. The van der Waals surface area contributed by atoms with Crippen LogP contribution in [0.25, 0.3) is 17.0 Å². The van der Waals surface area contributed by atoms with E-state index in [1.807, 2.05) is 55.0 Å². The molecule has 5 heteroatoms. The number of aryl methyl sites for hydroxylation is 1. The van der Waals surface area contributed by atoms with Gasteiger partial charge in [0.2, 0.25) is 5.78 Å². The van der Waals surface area contributed by atoms with Gasteiger partial charge in [0.15, 0.2) is 0 Å². The zero-order chi connectivity index (χ0) is 14.1. The number of nitrogens with one attached hydrogen (secondary N) is 1. The van der Waals surface area contributed by atoms with Crippen LogP contribution in [0.1, 0.15) is 5.56 Å². The summed E-state index contributed by atoms with van der Waals surface area (Å²) in [5, 5.41) is 3.01. The summed E-state index contributed by atoms with van der Waals surface area (Å²) in [6, 6.07) is 7.98. The summed E-state index contributed by atoms with van der Waals surface area (Å²) in [6.07, 6.45) is 3.90.